The van der Waals surface area contributed by atoms with E-state index in [-0.39, 0.29) is 17.7 Å². The molecule has 5 nitrogen and oxygen atoms in total. The molecule has 2 rings (SSSR count). The van der Waals surface area contributed by atoms with Crippen LogP contribution in [0, 0.1) is 5.82 Å². The monoisotopic (exact) mass is 336 g/mol. The van der Waals surface area contributed by atoms with Crippen LogP contribution in [0.1, 0.15) is 26.2 Å². The van der Waals surface area contributed by atoms with Crippen LogP contribution in [0.4, 0.5) is 4.39 Å². The highest BCUT2D eigenvalue weighted by atomic mass is 19.1. The number of hydrogen-bond donors (Lipinski definition) is 2. The van der Waals surface area contributed by atoms with Gasteiger partial charge in [-0.25, -0.2) is 4.39 Å². The molecule has 0 bridgehead atoms. The van der Waals surface area contributed by atoms with Gasteiger partial charge in [0.05, 0.1) is 6.54 Å². The van der Waals surface area contributed by atoms with Crippen molar-refractivity contribution in [2.45, 2.75) is 32.3 Å². The zero-order valence-corrected chi connectivity index (χ0v) is 14.7. The van der Waals surface area contributed by atoms with Gasteiger partial charge in [-0.05, 0) is 45.0 Å². The molecule has 1 aliphatic heterocycles. The fraction of sp³-hybridized carbons (Fsp3) is 0.611. The zero-order valence-electron chi connectivity index (χ0n) is 14.7. The van der Waals surface area contributed by atoms with E-state index in [0.717, 1.165) is 19.0 Å². The molecule has 6 heteroatoms. The van der Waals surface area contributed by atoms with Crippen LogP contribution >= 0.6 is 0 Å². The summed E-state index contributed by atoms with van der Waals surface area (Å²) in [6.45, 7) is 6.74. The van der Waals surface area contributed by atoms with Gasteiger partial charge in [-0.1, -0.05) is 18.6 Å². The Hall–Kier alpha value is -1.82. The number of hydrogen-bond acceptors (Lipinski definition) is 3. The lowest BCUT2D eigenvalue weighted by Crippen LogP contribution is -2.45. The Morgan fingerprint density at radius 3 is 2.71 bits per heavy atom. The first-order valence-corrected chi connectivity index (χ1v) is 8.77. The van der Waals surface area contributed by atoms with Crippen molar-refractivity contribution < 1.29 is 9.13 Å². The van der Waals surface area contributed by atoms with Gasteiger partial charge >= 0.3 is 0 Å². The number of halogens is 1. The van der Waals surface area contributed by atoms with Crippen molar-refractivity contribution >= 4 is 5.96 Å². The molecule has 24 heavy (non-hydrogen) atoms. The fourth-order valence-electron chi connectivity index (χ4n) is 2.78. The molecule has 1 aromatic rings. The van der Waals surface area contributed by atoms with E-state index < -0.39 is 0 Å². The van der Waals surface area contributed by atoms with Crippen LogP contribution in [0.3, 0.4) is 0 Å². The van der Waals surface area contributed by atoms with E-state index in [1.807, 2.05) is 6.92 Å². The van der Waals surface area contributed by atoms with E-state index in [0.29, 0.717) is 6.54 Å². The van der Waals surface area contributed by atoms with Gasteiger partial charge < -0.3 is 20.3 Å². The Labute approximate surface area is 144 Å². The van der Waals surface area contributed by atoms with E-state index >= 15 is 0 Å². The van der Waals surface area contributed by atoms with E-state index in [1.165, 1.54) is 38.4 Å². The number of aliphatic imine (C=N–C) groups is 1. The highest BCUT2D eigenvalue weighted by Gasteiger charge is 2.11. The molecule has 134 valence electrons. The van der Waals surface area contributed by atoms with Crippen molar-refractivity contribution in [1.82, 2.24) is 15.5 Å². The fourth-order valence-corrected chi connectivity index (χ4v) is 2.78. The van der Waals surface area contributed by atoms with Crippen LogP contribution in [-0.2, 0) is 0 Å². The minimum absolute atomic E-state index is 0.164. The molecule has 0 aliphatic carbocycles. The lowest BCUT2D eigenvalue weighted by Gasteiger charge is -2.26. The third kappa shape index (κ3) is 6.35. The van der Waals surface area contributed by atoms with E-state index in [4.69, 9.17) is 4.74 Å². The molecular weight excluding hydrogens is 307 g/mol. The van der Waals surface area contributed by atoms with Gasteiger partial charge in [0.1, 0.15) is 6.10 Å². The van der Waals surface area contributed by atoms with Crippen molar-refractivity contribution in [3.05, 3.63) is 30.1 Å². The molecule has 0 radical (unpaired) electrons. The Morgan fingerprint density at radius 2 is 2.00 bits per heavy atom. The van der Waals surface area contributed by atoms with Crippen molar-refractivity contribution in [3.63, 3.8) is 0 Å². The number of likely N-dealkylation sites (tertiary alicyclic amines) is 1. The summed E-state index contributed by atoms with van der Waals surface area (Å²) in [5.41, 5.74) is 0. The summed E-state index contributed by atoms with van der Waals surface area (Å²) in [7, 11) is 1.75. The number of rotatable bonds is 7. The summed E-state index contributed by atoms with van der Waals surface area (Å²) in [5, 5.41) is 6.53. The lowest BCUT2D eigenvalue weighted by molar-refractivity contribution is 0.213. The molecule has 1 saturated heterocycles. The molecule has 0 spiro atoms. The molecule has 1 aromatic carbocycles. The number of nitrogens with zero attached hydrogens (tertiary/aromatic N) is 2. The van der Waals surface area contributed by atoms with Gasteiger partial charge in [0.25, 0.3) is 0 Å². The molecule has 0 aromatic heterocycles. The third-order valence-electron chi connectivity index (χ3n) is 4.11. The molecule has 1 fully saturated rings. The summed E-state index contributed by atoms with van der Waals surface area (Å²) >= 11 is 0. The van der Waals surface area contributed by atoms with Crippen LogP contribution in [0.5, 0.6) is 5.75 Å². The largest absolute Gasteiger partial charge is 0.486 e. The van der Waals surface area contributed by atoms with Crippen LogP contribution in [-0.4, -0.2) is 56.7 Å². The second-order valence-corrected chi connectivity index (χ2v) is 6.14. The van der Waals surface area contributed by atoms with Gasteiger partial charge in [0, 0.05) is 20.1 Å². The Morgan fingerprint density at radius 1 is 1.25 bits per heavy atom. The highest BCUT2D eigenvalue weighted by Crippen LogP contribution is 2.16. The first-order valence-electron chi connectivity index (χ1n) is 8.77. The summed E-state index contributed by atoms with van der Waals surface area (Å²) < 4.78 is 19.2. The maximum Gasteiger partial charge on any atom is 0.191 e. The molecule has 2 N–H and O–H groups in total. The maximum absolute atomic E-state index is 13.6. The predicted octanol–water partition coefficient (Wildman–Crippen LogP) is 2.24. The summed E-state index contributed by atoms with van der Waals surface area (Å²) in [4.78, 5) is 6.69. The number of piperidine rings is 1. The standard InChI is InChI=1S/C18H29FN4O/c1-15(24-17-9-5-4-8-16(17)19)14-22-18(20-2)21-10-13-23-11-6-3-7-12-23/h4-5,8-9,15H,3,6-7,10-14H2,1-2H3,(H2,20,21,22). The van der Waals surface area contributed by atoms with Crippen LogP contribution < -0.4 is 15.4 Å². The van der Waals surface area contributed by atoms with Crippen LogP contribution in [0.25, 0.3) is 0 Å². The van der Waals surface area contributed by atoms with Gasteiger partial charge in [-0.15, -0.1) is 0 Å². The van der Waals surface area contributed by atoms with Crippen molar-refractivity contribution in [2.75, 3.05) is 39.8 Å². The molecule has 1 atom stereocenters. The summed E-state index contributed by atoms with van der Waals surface area (Å²) in [6.07, 6.45) is 3.80. The van der Waals surface area contributed by atoms with E-state index in [9.17, 15) is 4.39 Å². The Bertz CT molecular complexity index is 517. The van der Waals surface area contributed by atoms with Crippen molar-refractivity contribution in [3.8, 4) is 5.75 Å². The maximum atomic E-state index is 13.6. The first kappa shape index (κ1) is 18.5. The predicted molar refractivity (Wildman–Crippen MR) is 96.1 cm³/mol. The molecule has 1 unspecified atom stereocenters. The van der Waals surface area contributed by atoms with Gasteiger partial charge in [-0.2, -0.15) is 0 Å². The molecular formula is C18H29FN4O. The second kappa shape index (κ2) is 10.1. The SMILES string of the molecule is CN=C(NCCN1CCCCC1)NCC(C)Oc1ccccc1F. The van der Waals surface area contributed by atoms with Gasteiger partial charge in [0.15, 0.2) is 17.5 Å². The van der Waals surface area contributed by atoms with E-state index in [1.54, 1.807) is 25.2 Å². The molecule has 0 amide bonds. The van der Waals surface area contributed by atoms with Gasteiger partial charge in [-0.3, -0.25) is 4.99 Å². The number of para-hydroxylation sites is 1. The molecule has 0 saturated carbocycles. The van der Waals surface area contributed by atoms with Gasteiger partial charge in [0.2, 0.25) is 0 Å². The summed E-state index contributed by atoms with van der Waals surface area (Å²) in [5.74, 6) is 0.684. The minimum Gasteiger partial charge on any atom is -0.486 e. The number of ether oxygens (including phenoxy) is 1. The topological polar surface area (TPSA) is 48.9 Å². The Kier molecular flexibility index (Phi) is 7.82. The quantitative estimate of drug-likeness (QED) is 0.592. The number of nitrogens with one attached hydrogen (secondary N) is 2. The minimum atomic E-state index is -0.339. The van der Waals surface area contributed by atoms with Crippen LogP contribution in [0.15, 0.2) is 29.3 Å². The number of benzene rings is 1. The summed E-state index contributed by atoms with van der Waals surface area (Å²) in [6, 6.07) is 6.45. The van der Waals surface area contributed by atoms with E-state index in [2.05, 4.69) is 20.5 Å². The molecule has 1 aliphatic rings. The van der Waals surface area contributed by atoms with Crippen molar-refractivity contribution in [1.29, 1.82) is 0 Å². The zero-order chi connectivity index (χ0) is 17.2. The highest BCUT2D eigenvalue weighted by molar-refractivity contribution is 5.79. The first-order chi connectivity index (χ1) is 11.7. The third-order valence-corrected chi connectivity index (χ3v) is 4.11. The van der Waals surface area contributed by atoms with Crippen LogP contribution in [0.2, 0.25) is 0 Å². The normalized spacial score (nSPS) is 17.4. The number of guanidine groups is 1. The second-order valence-electron chi connectivity index (χ2n) is 6.14. The lowest BCUT2D eigenvalue weighted by atomic mass is 10.1. The average molecular weight is 336 g/mol. The molecule has 1 heterocycles. The average Bonchev–Trinajstić information content (AvgIpc) is 2.61. The smallest absolute Gasteiger partial charge is 0.191 e. The van der Waals surface area contributed by atoms with Crippen molar-refractivity contribution in [2.24, 2.45) is 4.99 Å². The Balaban J connectivity index is 1.66.